The third-order valence-electron chi connectivity index (χ3n) is 4.79. The number of ether oxygens (including phenoxy) is 4. The number of hydrogen-bond acceptors (Lipinski definition) is 5. The summed E-state index contributed by atoms with van der Waals surface area (Å²) in [5.41, 5.74) is 3.89. The Bertz CT molecular complexity index is 1390. The summed E-state index contributed by atoms with van der Waals surface area (Å²) in [6.45, 7) is 0. The summed E-state index contributed by atoms with van der Waals surface area (Å²) in [6.07, 6.45) is 5.63. The third kappa shape index (κ3) is 5.71. The van der Waals surface area contributed by atoms with Crippen LogP contribution in [0.4, 0.5) is 0 Å². The van der Waals surface area contributed by atoms with Crippen molar-refractivity contribution in [2.24, 2.45) is 0 Å². The Morgan fingerprint density at radius 3 is 1.65 bits per heavy atom. The van der Waals surface area contributed by atoms with Gasteiger partial charge >= 0.3 is 5.97 Å². The molecule has 0 fully saturated rings. The van der Waals surface area contributed by atoms with Crippen LogP contribution in [0.25, 0.3) is 0 Å². The number of benzene rings is 3. The minimum atomic E-state index is -0.476. The largest absolute Gasteiger partial charge is 0.496 e. The van der Waals surface area contributed by atoms with Crippen molar-refractivity contribution in [3.8, 4) is 53.3 Å². The summed E-state index contributed by atoms with van der Waals surface area (Å²) in [4.78, 5) is 11.8. The van der Waals surface area contributed by atoms with Crippen molar-refractivity contribution in [3.63, 3.8) is 0 Å². The zero-order valence-corrected chi connectivity index (χ0v) is 19.3. The van der Waals surface area contributed by atoms with E-state index in [2.05, 4.69) is 29.6 Å². The molecular weight excluding hydrogens is 428 g/mol. The minimum Gasteiger partial charge on any atom is -0.496 e. The van der Waals surface area contributed by atoms with E-state index in [-0.39, 0.29) is 0 Å². The number of terminal acetylenes is 1. The molecule has 0 atom stereocenters. The van der Waals surface area contributed by atoms with Gasteiger partial charge in [0.2, 0.25) is 0 Å². The Morgan fingerprint density at radius 2 is 1.12 bits per heavy atom. The lowest BCUT2D eigenvalue weighted by molar-refractivity contribution is 0.0597. The number of esters is 1. The molecule has 0 aliphatic heterocycles. The van der Waals surface area contributed by atoms with Gasteiger partial charge in [0.1, 0.15) is 11.3 Å². The van der Waals surface area contributed by atoms with Gasteiger partial charge in [-0.1, -0.05) is 29.6 Å². The van der Waals surface area contributed by atoms with Gasteiger partial charge in [0, 0.05) is 27.8 Å². The number of rotatable bonds is 4. The summed E-state index contributed by atoms with van der Waals surface area (Å²) in [7, 11) is 5.97. The van der Waals surface area contributed by atoms with Gasteiger partial charge in [-0.05, 0) is 54.6 Å². The number of carbonyl (C=O) groups is 1. The van der Waals surface area contributed by atoms with Crippen LogP contribution in [-0.2, 0) is 4.74 Å². The van der Waals surface area contributed by atoms with E-state index in [9.17, 15) is 4.79 Å². The molecule has 0 spiro atoms. The molecule has 0 unspecified atom stereocenters. The van der Waals surface area contributed by atoms with E-state index in [0.29, 0.717) is 39.5 Å². The van der Waals surface area contributed by atoms with Gasteiger partial charge < -0.3 is 18.9 Å². The van der Waals surface area contributed by atoms with Crippen LogP contribution in [0, 0.1) is 36.0 Å². The van der Waals surface area contributed by atoms with E-state index in [0.717, 1.165) is 11.1 Å². The monoisotopic (exact) mass is 450 g/mol. The van der Waals surface area contributed by atoms with Crippen LogP contribution in [0.15, 0.2) is 54.6 Å². The predicted molar refractivity (Wildman–Crippen MR) is 130 cm³/mol. The second kappa shape index (κ2) is 11.2. The maximum atomic E-state index is 11.8. The highest BCUT2D eigenvalue weighted by Gasteiger charge is 2.12. The van der Waals surface area contributed by atoms with Gasteiger partial charge in [0.05, 0.1) is 28.4 Å². The van der Waals surface area contributed by atoms with Crippen LogP contribution >= 0.6 is 0 Å². The third-order valence-corrected chi connectivity index (χ3v) is 4.79. The predicted octanol–water partition coefficient (Wildman–Crippen LogP) is 4.28. The van der Waals surface area contributed by atoms with E-state index >= 15 is 0 Å². The maximum absolute atomic E-state index is 11.8. The van der Waals surface area contributed by atoms with Crippen LogP contribution in [-0.4, -0.2) is 34.4 Å². The quantitative estimate of drug-likeness (QED) is 0.439. The first-order valence-electron chi connectivity index (χ1n) is 10.2. The summed E-state index contributed by atoms with van der Waals surface area (Å²) >= 11 is 0. The minimum absolute atomic E-state index is 0.331. The van der Waals surface area contributed by atoms with Gasteiger partial charge in [-0.25, -0.2) is 4.79 Å². The smallest absolute Gasteiger partial charge is 0.341 e. The lowest BCUT2D eigenvalue weighted by atomic mass is 10.0. The van der Waals surface area contributed by atoms with Gasteiger partial charge in [-0.3, -0.25) is 0 Å². The molecule has 0 N–H and O–H groups in total. The van der Waals surface area contributed by atoms with E-state index in [1.54, 1.807) is 38.5 Å². The molecule has 5 nitrogen and oxygen atoms in total. The average molecular weight is 450 g/mol. The van der Waals surface area contributed by atoms with Crippen molar-refractivity contribution in [1.82, 2.24) is 0 Å². The van der Waals surface area contributed by atoms with Crippen molar-refractivity contribution in [3.05, 3.63) is 88.0 Å². The highest BCUT2D eigenvalue weighted by molar-refractivity contribution is 5.92. The highest BCUT2D eigenvalue weighted by atomic mass is 16.5. The standard InChI is InChI=1S/C29H22O5/c1-6-20-15-23(9-7-21-11-13-25(29(30)34-5)27(18-21)32-3)17-24(16-20)10-8-22-12-14-26(31-2)28(19-22)33-4/h1,11-19H,2-5H3. The van der Waals surface area contributed by atoms with Crippen molar-refractivity contribution in [1.29, 1.82) is 0 Å². The molecule has 0 bridgehead atoms. The molecule has 0 heterocycles. The molecule has 34 heavy (non-hydrogen) atoms. The fourth-order valence-corrected chi connectivity index (χ4v) is 3.11. The maximum Gasteiger partial charge on any atom is 0.341 e. The molecule has 0 saturated carbocycles. The number of methoxy groups -OCH3 is 4. The summed E-state index contributed by atoms with van der Waals surface area (Å²) in [6, 6.07) is 16.0. The van der Waals surface area contributed by atoms with Crippen LogP contribution in [0.2, 0.25) is 0 Å². The van der Waals surface area contributed by atoms with Crippen LogP contribution in [0.5, 0.6) is 17.2 Å². The molecule has 0 radical (unpaired) electrons. The van der Waals surface area contributed by atoms with Crippen LogP contribution in [0.1, 0.15) is 38.2 Å². The zero-order chi connectivity index (χ0) is 24.5. The molecule has 0 aliphatic carbocycles. The fourth-order valence-electron chi connectivity index (χ4n) is 3.11. The summed E-state index contributed by atoms with van der Waals surface area (Å²) < 4.78 is 20.6. The molecular formula is C29H22O5. The molecule has 0 amide bonds. The molecule has 0 aromatic heterocycles. The summed E-state index contributed by atoms with van der Waals surface area (Å²) in [5, 5.41) is 0. The second-order valence-corrected chi connectivity index (χ2v) is 6.92. The average Bonchev–Trinajstić information content (AvgIpc) is 2.89. The molecule has 0 saturated heterocycles. The highest BCUT2D eigenvalue weighted by Crippen LogP contribution is 2.27. The van der Waals surface area contributed by atoms with Crippen LogP contribution < -0.4 is 14.2 Å². The van der Waals surface area contributed by atoms with Gasteiger partial charge in [-0.2, -0.15) is 0 Å². The first-order chi connectivity index (χ1) is 16.5. The van der Waals surface area contributed by atoms with E-state index in [1.165, 1.54) is 14.2 Å². The van der Waals surface area contributed by atoms with Crippen molar-refractivity contribution >= 4 is 5.97 Å². The number of hydrogen-bond donors (Lipinski definition) is 0. The van der Waals surface area contributed by atoms with E-state index in [4.69, 9.17) is 25.4 Å². The Morgan fingerprint density at radius 1 is 0.618 bits per heavy atom. The Hall–Kier alpha value is -4.79. The first kappa shape index (κ1) is 23.9. The Kier molecular flexibility index (Phi) is 7.85. The number of carbonyl (C=O) groups excluding carboxylic acids is 1. The van der Waals surface area contributed by atoms with Gasteiger partial charge in [-0.15, -0.1) is 6.42 Å². The van der Waals surface area contributed by atoms with E-state index < -0.39 is 5.97 Å². The van der Waals surface area contributed by atoms with Crippen LogP contribution in [0.3, 0.4) is 0 Å². The van der Waals surface area contributed by atoms with Crippen molar-refractivity contribution in [2.45, 2.75) is 0 Å². The SMILES string of the molecule is C#Cc1cc(C#Cc2ccc(OC)c(OC)c2)cc(C#Cc2ccc(C(=O)OC)c(OC)c2)c1. The Labute approximate surface area is 199 Å². The van der Waals surface area contributed by atoms with Gasteiger partial charge in [0.25, 0.3) is 0 Å². The molecule has 168 valence electrons. The first-order valence-corrected chi connectivity index (χ1v) is 10.2. The lowest BCUT2D eigenvalue weighted by Crippen LogP contribution is -2.04. The molecule has 5 heteroatoms. The van der Waals surface area contributed by atoms with Crippen molar-refractivity contribution < 1.29 is 23.7 Å². The van der Waals surface area contributed by atoms with E-state index in [1.807, 2.05) is 30.3 Å². The Balaban J connectivity index is 1.93. The fraction of sp³-hybridized carbons (Fsp3) is 0.138. The molecule has 3 aromatic rings. The zero-order valence-electron chi connectivity index (χ0n) is 19.3. The normalized spacial score (nSPS) is 9.38. The molecule has 3 aromatic carbocycles. The second-order valence-electron chi connectivity index (χ2n) is 6.92. The summed E-state index contributed by atoms with van der Waals surface area (Å²) in [5.74, 6) is 16.2. The topological polar surface area (TPSA) is 54.0 Å². The lowest BCUT2D eigenvalue weighted by Gasteiger charge is -2.06. The molecule has 0 aliphatic rings. The molecule has 3 rings (SSSR count). The van der Waals surface area contributed by atoms with Crippen molar-refractivity contribution in [2.75, 3.05) is 28.4 Å². The van der Waals surface area contributed by atoms with Gasteiger partial charge in [0.15, 0.2) is 11.5 Å².